The molecule has 3 N–H and O–H groups in total. The van der Waals surface area contributed by atoms with Crippen LogP contribution < -0.4 is 5.73 Å². The number of ether oxygens (including phenoxy) is 2. The van der Waals surface area contributed by atoms with Gasteiger partial charge in [-0.05, 0) is 83.5 Å². The molecule has 0 saturated carbocycles. The van der Waals surface area contributed by atoms with E-state index < -0.39 is 26.5 Å². The number of hydrogen-bond acceptors (Lipinski definition) is 8. The smallest absolute Gasteiger partial charge is 0.462 e. The molecule has 0 heterocycles. The number of phosphoric acid groups is 1. The summed E-state index contributed by atoms with van der Waals surface area (Å²) in [5.74, 6) is -0.827. The van der Waals surface area contributed by atoms with E-state index in [4.69, 9.17) is 24.3 Å². The van der Waals surface area contributed by atoms with Gasteiger partial charge in [-0.3, -0.25) is 18.6 Å². The van der Waals surface area contributed by atoms with Crippen LogP contribution in [0, 0.1) is 0 Å². The Bertz CT molecular complexity index is 1440. The van der Waals surface area contributed by atoms with Gasteiger partial charge in [-0.15, -0.1) is 0 Å². The molecule has 0 aliphatic rings. The first-order valence-corrected chi connectivity index (χ1v) is 32.4. The molecule has 10 heteroatoms. The van der Waals surface area contributed by atoms with Gasteiger partial charge in [0.25, 0.3) is 0 Å². The number of nitrogens with two attached hydrogens (primary N) is 1. The molecule has 0 aromatic heterocycles. The van der Waals surface area contributed by atoms with Crippen LogP contribution in [0.5, 0.6) is 0 Å². The Hall–Kier alpha value is -2.55. The number of carbonyl (C=O) groups excluding carboxylic acids is 2. The van der Waals surface area contributed by atoms with Crippen LogP contribution in [0.3, 0.4) is 0 Å². The lowest BCUT2D eigenvalue weighted by Crippen LogP contribution is -2.29. The monoisotopic (exact) mass is 1060 g/mol. The van der Waals surface area contributed by atoms with Crippen LogP contribution in [0.1, 0.15) is 290 Å². The van der Waals surface area contributed by atoms with Gasteiger partial charge in [0, 0.05) is 19.4 Å². The van der Waals surface area contributed by atoms with E-state index >= 15 is 0 Å². The van der Waals surface area contributed by atoms with E-state index in [9.17, 15) is 19.0 Å². The molecular formula is C64H116NO8P. The summed E-state index contributed by atoms with van der Waals surface area (Å²) < 4.78 is 33.0. The summed E-state index contributed by atoms with van der Waals surface area (Å²) in [5, 5.41) is 0. The fraction of sp³-hybridized carbons (Fsp3) is 0.781. The fourth-order valence-corrected chi connectivity index (χ4v) is 9.54. The zero-order valence-corrected chi connectivity index (χ0v) is 49.0. The molecular weight excluding hydrogens is 942 g/mol. The van der Waals surface area contributed by atoms with Crippen molar-refractivity contribution in [3.63, 3.8) is 0 Å². The number of unbranched alkanes of at least 4 members (excludes halogenated alkanes) is 33. The number of carbonyl (C=O) groups is 2. The third kappa shape index (κ3) is 58.7. The van der Waals surface area contributed by atoms with E-state index in [1.807, 2.05) is 0 Å². The van der Waals surface area contributed by atoms with Crippen molar-refractivity contribution in [2.45, 2.75) is 296 Å². The predicted octanol–water partition coefficient (Wildman–Crippen LogP) is 19.7. The van der Waals surface area contributed by atoms with Gasteiger partial charge in [-0.1, -0.05) is 267 Å². The average molecular weight is 1060 g/mol. The van der Waals surface area contributed by atoms with Crippen molar-refractivity contribution in [1.82, 2.24) is 0 Å². The number of esters is 2. The Morgan fingerprint density at radius 2 is 0.743 bits per heavy atom. The number of rotatable bonds is 58. The number of hydrogen-bond donors (Lipinski definition) is 2. The molecule has 0 aromatic rings. The van der Waals surface area contributed by atoms with Crippen LogP contribution >= 0.6 is 7.82 Å². The maximum Gasteiger partial charge on any atom is 0.472 e. The minimum atomic E-state index is -4.39. The summed E-state index contributed by atoms with van der Waals surface area (Å²) >= 11 is 0. The maximum atomic E-state index is 12.7. The van der Waals surface area contributed by atoms with Gasteiger partial charge in [-0.2, -0.15) is 0 Å². The summed E-state index contributed by atoms with van der Waals surface area (Å²) in [7, 11) is -4.39. The van der Waals surface area contributed by atoms with E-state index in [0.717, 1.165) is 83.5 Å². The van der Waals surface area contributed by atoms with E-state index in [1.165, 1.54) is 173 Å². The van der Waals surface area contributed by atoms with Crippen molar-refractivity contribution < 1.29 is 37.6 Å². The van der Waals surface area contributed by atoms with Crippen LogP contribution in [0.25, 0.3) is 0 Å². The second-order valence-electron chi connectivity index (χ2n) is 20.5. The molecule has 0 aromatic carbocycles. The van der Waals surface area contributed by atoms with Gasteiger partial charge < -0.3 is 20.1 Å². The molecule has 0 saturated heterocycles. The van der Waals surface area contributed by atoms with Crippen LogP contribution in [0.4, 0.5) is 0 Å². The maximum absolute atomic E-state index is 12.7. The molecule has 0 fully saturated rings. The molecule has 0 bridgehead atoms. The fourth-order valence-electron chi connectivity index (χ4n) is 8.78. The molecule has 0 aliphatic heterocycles. The Morgan fingerprint density at radius 1 is 0.419 bits per heavy atom. The summed E-state index contributed by atoms with van der Waals surface area (Å²) in [6.07, 6.45) is 77.1. The van der Waals surface area contributed by atoms with Crippen molar-refractivity contribution in [3.8, 4) is 0 Å². The quantitative estimate of drug-likeness (QED) is 0.0264. The van der Waals surface area contributed by atoms with Crippen LogP contribution in [-0.2, 0) is 32.7 Å². The number of phosphoric ester groups is 1. The molecule has 9 nitrogen and oxygen atoms in total. The standard InChI is InChI=1S/C64H116NO8P/c1-3-5-7-9-11-13-15-17-19-20-21-22-23-24-25-26-27-28-29-30-31-32-33-34-35-36-37-38-39-40-41-42-43-45-47-49-51-53-55-57-64(67)73-62(61-72-74(68,69)71-59-58-65)60-70-63(66)56-54-52-50-48-46-44-18-16-14-12-10-8-6-4-2/h5,7,11,13,16-19,21-22,24-25,62H,3-4,6,8-10,12,14-15,20,23,26-61,65H2,1-2H3,(H,68,69)/b7-5-,13-11-,18-16-,19-17-,22-21-,25-24-. The van der Waals surface area contributed by atoms with E-state index in [2.05, 4.69) is 86.8 Å². The topological polar surface area (TPSA) is 134 Å². The second kappa shape index (κ2) is 59.7. The first kappa shape index (κ1) is 71.5. The van der Waals surface area contributed by atoms with Crippen molar-refractivity contribution in [2.75, 3.05) is 26.4 Å². The van der Waals surface area contributed by atoms with E-state index in [-0.39, 0.29) is 38.6 Å². The molecule has 74 heavy (non-hydrogen) atoms. The summed E-state index contributed by atoms with van der Waals surface area (Å²) in [6, 6.07) is 0. The first-order chi connectivity index (χ1) is 36.3. The predicted molar refractivity (Wildman–Crippen MR) is 316 cm³/mol. The molecule has 2 atom stereocenters. The van der Waals surface area contributed by atoms with Gasteiger partial charge >= 0.3 is 19.8 Å². The summed E-state index contributed by atoms with van der Waals surface area (Å²) in [5.41, 5.74) is 5.38. The van der Waals surface area contributed by atoms with Gasteiger partial charge in [0.15, 0.2) is 6.10 Å². The highest BCUT2D eigenvalue weighted by atomic mass is 31.2. The van der Waals surface area contributed by atoms with Crippen molar-refractivity contribution in [1.29, 1.82) is 0 Å². The second-order valence-corrected chi connectivity index (χ2v) is 22.0. The van der Waals surface area contributed by atoms with Crippen LogP contribution in [0.15, 0.2) is 72.9 Å². The highest BCUT2D eigenvalue weighted by Crippen LogP contribution is 2.43. The highest BCUT2D eigenvalue weighted by molar-refractivity contribution is 7.47. The Kier molecular flexibility index (Phi) is 57.6. The highest BCUT2D eigenvalue weighted by Gasteiger charge is 2.26. The third-order valence-corrected chi connectivity index (χ3v) is 14.3. The number of allylic oxidation sites excluding steroid dienone is 12. The molecule has 0 spiro atoms. The lowest BCUT2D eigenvalue weighted by Gasteiger charge is -2.19. The van der Waals surface area contributed by atoms with E-state index in [1.54, 1.807) is 0 Å². The summed E-state index contributed by atoms with van der Waals surface area (Å²) in [6.45, 7) is 3.63. The zero-order chi connectivity index (χ0) is 53.8. The molecule has 0 rings (SSSR count). The van der Waals surface area contributed by atoms with Crippen LogP contribution in [0.2, 0.25) is 0 Å². The molecule has 0 amide bonds. The van der Waals surface area contributed by atoms with Crippen molar-refractivity contribution >= 4 is 19.8 Å². The van der Waals surface area contributed by atoms with Crippen molar-refractivity contribution in [3.05, 3.63) is 72.9 Å². The summed E-state index contributed by atoms with van der Waals surface area (Å²) in [4.78, 5) is 35.1. The largest absolute Gasteiger partial charge is 0.472 e. The van der Waals surface area contributed by atoms with Crippen molar-refractivity contribution in [2.24, 2.45) is 5.73 Å². The lowest BCUT2D eigenvalue weighted by molar-refractivity contribution is -0.161. The van der Waals surface area contributed by atoms with Gasteiger partial charge in [0.05, 0.1) is 13.2 Å². The normalized spacial score (nSPS) is 13.5. The zero-order valence-electron chi connectivity index (χ0n) is 48.1. The molecule has 0 radical (unpaired) electrons. The molecule has 430 valence electrons. The average Bonchev–Trinajstić information content (AvgIpc) is 3.39. The minimum absolute atomic E-state index is 0.0526. The Morgan fingerprint density at radius 3 is 1.12 bits per heavy atom. The molecule has 0 aliphatic carbocycles. The van der Waals surface area contributed by atoms with Crippen LogP contribution in [-0.4, -0.2) is 49.3 Å². The SMILES string of the molecule is CC/C=C\C/C=C\C/C=C\C/C=C\C/C=C\CCCCCCCCCCCCCCCCCCCCCCCCCC(=O)OC(COC(=O)CCCCCCC/C=C\CCCCCCC)COP(=O)(O)OCCN. The third-order valence-electron chi connectivity index (χ3n) is 13.3. The van der Waals surface area contributed by atoms with Gasteiger partial charge in [-0.25, -0.2) is 4.57 Å². The van der Waals surface area contributed by atoms with Gasteiger partial charge in [0.1, 0.15) is 6.61 Å². The lowest BCUT2D eigenvalue weighted by atomic mass is 10.0. The Balaban J connectivity index is 3.78. The minimum Gasteiger partial charge on any atom is -0.462 e. The van der Waals surface area contributed by atoms with E-state index in [0.29, 0.717) is 6.42 Å². The Labute approximate surface area is 456 Å². The molecule has 2 unspecified atom stereocenters. The van der Waals surface area contributed by atoms with Gasteiger partial charge in [0.2, 0.25) is 0 Å². The first-order valence-electron chi connectivity index (χ1n) is 30.9.